The zero-order valence-corrected chi connectivity index (χ0v) is 11.2. The molecule has 0 spiro atoms. The molecule has 0 atom stereocenters. The molecule has 0 unspecified atom stereocenters. The van der Waals surface area contributed by atoms with Gasteiger partial charge in [-0.05, 0) is 24.3 Å². The fourth-order valence-corrected chi connectivity index (χ4v) is 1.96. The molecule has 3 N–H and O–H groups in total. The minimum atomic E-state index is -0.460. The van der Waals surface area contributed by atoms with Crippen molar-refractivity contribution in [2.75, 3.05) is 0 Å². The number of azo groups is 1. The number of aromatic amines is 2. The molecule has 0 saturated heterocycles. The third-order valence-electron chi connectivity index (χ3n) is 2.96. The SMILES string of the molecule is O=c1[nH][nH]c(-c2cccc(O)c2)c1N=Nc1cccc(F)c1. The molecule has 7 heteroatoms. The Balaban J connectivity index is 2.01. The summed E-state index contributed by atoms with van der Waals surface area (Å²) in [6.07, 6.45) is 0. The number of hydrogen-bond donors (Lipinski definition) is 3. The highest BCUT2D eigenvalue weighted by atomic mass is 19.1. The Bertz CT molecular complexity index is 898. The van der Waals surface area contributed by atoms with Crippen molar-refractivity contribution in [1.29, 1.82) is 0 Å². The van der Waals surface area contributed by atoms with E-state index >= 15 is 0 Å². The first-order chi connectivity index (χ1) is 10.6. The molecule has 0 fully saturated rings. The smallest absolute Gasteiger partial charge is 0.292 e. The maximum atomic E-state index is 13.1. The van der Waals surface area contributed by atoms with Crippen LogP contribution in [0.25, 0.3) is 11.3 Å². The molecule has 110 valence electrons. The van der Waals surface area contributed by atoms with Crippen LogP contribution in [0.15, 0.2) is 63.6 Å². The first-order valence-corrected chi connectivity index (χ1v) is 6.41. The lowest BCUT2D eigenvalue weighted by atomic mass is 10.1. The summed E-state index contributed by atoms with van der Waals surface area (Å²) in [5, 5.41) is 22.4. The second kappa shape index (κ2) is 5.65. The number of nitrogens with zero attached hydrogens (tertiary/aromatic N) is 2. The second-order valence-corrected chi connectivity index (χ2v) is 4.53. The van der Waals surface area contributed by atoms with Crippen molar-refractivity contribution in [1.82, 2.24) is 10.2 Å². The van der Waals surface area contributed by atoms with Gasteiger partial charge in [0.1, 0.15) is 11.6 Å². The van der Waals surface area contributed by atoms with Gasteiger partial charge in [0, 0.05) is 11.6 Å². The van der Waals surface area contributed by atoms with Gasteiger partial charge in [-0.15, -0.1) is 5.11 Å². The fourth-order valence-electron chi connectivity index (χ4n) is 1.96. The molecule has 0 saturated carbocycles. The van der Waals surface area contributed by atoms with Crippen molar-refractivity contribution >= 4 is 11.4 Å². The highest BCUT2D eigenvalue weighted by Gasteiger charge is 2.12. The van der Waals surface area contributed by atoms with Gasteiger partial charge in [-0.1, -0.05) is 18.2 Å². The molecule has 2 aromatic carbocycles. The Morgan fingerprint density at radius 1 is 1.00 bits per heavy atom. The van der Waals surface area contributed by atoms with E-state index in [4.69, 9.17) is 0 Å². The average Bonchev–Trinajstić information content (AvgIpc) is 2.86. The van der Waals surface area contributed by atoms with Crippen LogP contribution in [0.5, 0.6) is 5.75 Å². The van der Waals surface area contributed by atoms with Crippen LogP contribution in [0.3, 0.4) is 0 Å². The number of aromatic hydroxyl groups is 1. The van der Waals surface area contributed by atoms with E-state index < -0.39 is 11.4 Å². The van der Waals surface area contributed by atoms with Crippen LogP contribution in [0, 0.1) is 5.82 Å². The third kappa shape index (κ3) is 2.78. The van der Waals surface area contributed by atoms with E-state index in [0.717, 1.165) is 0 Å². The number of phenolic OH excluding ortho intramolecular Hbond substituents is 1. The van der Waals surface area contributed by atoms with Gasteiger partial charge in [-0.3, -0.25) is 15.0 Å². The van der Waals surface area contributed by atoms with Gasteiger partial charge in [0.15, 0.2) is 5.69 Å². The number of benzene rings is 2. The van der Waals surface area contributed by atoms with Crippen molar-refractivity contribution in [2.45, 2.75) is 0 Å². The zero-order chi connectivity index (χ0) is 15.5. The van der Waals surface area contributed by atoms with Crippen molar-refractivity contribution in [3.05, 3.63) is 64.7 Å². The number of hydrogen-bond acceptors (Lipinski definition) is 4. The topological polar surface area (TPSA) is 93.6 Å². The fraction of sp³-hybridized carbons (Fsp3) is 0. The van der Waals surface area contributed by atoms with E-state index in [-0.39, 0.29) is 11.4 Å². The Morgan fingerprint density at radius 3 is 2.59 bits per heavy atom. The van der Waals surface area contributed by atoms with Crippen LogP contribution in [0.4, 0.5) is 15.8 Å². The molecular weight excluding hydrogens is 287 g/mol. The Morgan fingerprint density at radius 2 is 1.82 bits per heavy atom. The Hall–Kier alpha value is -3.22. The number of H-pyrrole nitrogens is 2. The van der Waals surface area contributed by atoms with Crippen molar-refractivity contribution in [3.63, 3.8) is 0 Å². The third-order valence-corrected chi connectivity index (χ3v) is 2.96. The standard InChI is InChI=1S/C15H11FN4O2/c16-10-4-2-5-11(8-10)17-19-14-13(18-20-15(14)22)9-3-1-6-12(21)7-9/h1-8,21H,(H2,18,20,22). The predicted octanol–water partition coefficient (Wildman–Crippen LogP) is 3.63. The van der Waals surface area contributed by atoms with Crippen LogP contribution < -0.4 is 5.56 Å². The van der Waals surface area contributed by atoms with Gasteiger partial charge >= 0.3 is 0 Å². The maximum absolute atomic E-state index is 13.1. The molecule has 1 heterocycles. The number of nitrogens with one attached hydrogen (secondary N) is 2. The molecule has 0 amide bonds. The molecule has 22 heavy (non-hydrogen) atoms. The van der Waals surface area contributed by atoms with E-state index in [0.29, 0.717) is 16.9 Å². The lowest BCUT2D eigenvalue weighted by molar-refractivity contribution is 0.475. The van der Waals surface area contributed by atoms with Crippen molar-refractivity contribution < 1.29 is 9.50 Å². The van der Waals surface area contributed by atoms with E-state index in [9.17, 15) is 14.3 Å². The van der Waals surface area contributed by atoms with Gasteiger partial charge in [-0.25, -0.2) is 4.39 Å². The highest BCUT2D eigenvalue weighted by molar-refractivity contribution is 5.72. The zero-order valence-electron chi connectivity index (χ0n) is 11.2. The molecule has 0 bridgehead atoms. The van der Waals surface area contributed by atoms with E-state index in [1.54, 1.807) is 18.2 Å². The number of phenols is 1. The average molecular weight is 298 g/mol. The molecule has 0 aliphatic carbocycles. The maximum Gasteiger partial charge on any atom is 0.292 e. The van der Waals surface area contributed by atoms with E-state index in [1.807, 2.05) is 0 Å². The van der Waals surface area contributed by atoms with Gasteiger partial charge in [0.2, 0.25) is 0 Å². The van der Waals surface area contributed by atoms with Crippen LogP contribution >= 0.6 is 0 Å². The number of rotatable bonds is 3. The van der Waals surface area contributed by atoms with Gasteiger partial charge in [-0.2, -0.15) is 5.11 Å². The summed E-state index contributed by atoms with van der Waals surface area (Å²) in [4.78, 5) is 11.8. The van der Waals surface area contributed by atoms with Crippen LogP contribution in [0.2, 0.25) is 0 Å². The van der Waals surface area contributed by atoms with Crippen LogP contribution in [-0.4, -0.2) is 15.3 Å². The lowest BCUT2D eigenvalue weighted by Gasteiger charge is -1.99. The van der Waals surface area contributed by atoms with Crippen molar-refractivity contribution in [2.24, 2.45) is 10.2 Å². The summed E-state index contributed by atoms with van der Waals surface area (Å²) in [7, 11) is 0. The molecule has 0 aliphatic rings. The minimum absolute atomic E-state index is 0.0508. The van der Waals surface area contributed by atoms with E-state index in [1.165, 1.54) is 30.3 Å². The Kier molecular flexibility index (Phi) is 3.53. The summed E-state index contributed by atoms with van der Waals surface area (Å²) in [6.45, 7) is 0. The van der Waals surface area contributed by atoms with Gasteiger partial charge in [0.05, 0.1) is 11.4 Å². The molecule has 3 aromatic rings. The molecular formula is C15H11FN4O2. The number of aromatic nitrogens is 2. The summed E-state index contributed by atoms with van der Waals surface area (Å²) >= 11 is 0. The van der Waals surface area contributed by atoms with Gasteiger partial charge < -0.3 is 5.11 Å². The van der Waals surface area contributed by atoms with Gasteiger partial charge in [0.25, 0.3) is 5.56 Å². The highest BCUT2D eigenvalue weighted by Crippen LogP contribution is 2.28. The summed E-state index contributed by atoms with van der Waals surface area (Å²) in [6, 6.07) is 11.9. The molecule has 1 aromatic heterocycles. The summed E-state index contributed by atoms with van der Waals surface area (Å²) < 4.78 is 13.1. The first-order valence-electron chi connectivity index (χ1n) is 6.41. The molecule has 0 radical (unpaired) electrons. The van der Waals surface area contributed by atoms with Crippen LogP contribution in [-0.2, 0) is 0 Å². The monoisotopic (exact) mass is 298 g/mol. The minimum Gasteiger partial charge on any atom is -0.508 e. The molecule has 0 aliphatic heterocycles. The normalized spacial score (nSPS) is 11.1. The van der Waals surface area contributed by atoms with E-state index in [2.05, 4.69) is 20.4 Å². The second-order valence-electron chi connectivity index (χ2n) is 4.53. The molecule has 6 nitrogen and oxygen atoms in total. The summed E-state index contributed by atoms with van der Waals surface area (Å²) in [5.74, 6) is -0.375. The summed E-state index contributed by atoms with van der Waals surface area (Å²) in [5.41, 5.74) is 0.850. The quantitative estimate of drug-likeness (QED) is 0.644. The lowest BCUT2D eigenvalue weighted by Crippen LogP contribution is -1.96. The van der Waals surface area contributed by atoms with Crippen molar-refractivity contribution in [3.8, 4) is 17.0 Å². The largest absolute Gasteiger partial charge is 0.508 e. The van der Waals surface area contributed by atoms with Crippen LogP contribution in [0.1, 0.15) is 0 Å². The predicted molar refractivity (Wildman–Crippen MR) is 79.1 cm³/mol. The first kappa shape index (κ1) is 13.7. The molecule has 3 rings (SSSR count). The Labute approximate surface area is 124 Å². The number of halogens is 1.